The summed E-state index contributed by atoms with van der Waals surface area (Å²) in [7, 11) is 0. The number of Topliss-reactive ketones (excluding diaryl/α,β-unsaturated/α-hetero) is 1. The zero-order valence-corrected chi connectivity index (χ0v) is 32.2. The van der Waals surface area contributed by atoms with E-state index in [-0.39, 0.29) is 40.8 Å². The Labute approximate surface area is 300 Å². The molecule has 0 bridgehead atoms. The van der Waals surface area contributed by atoms with E-state index in [1.165, 1.54) is 13.8 Å². The van der Waals surface area contributed by atoms with E-state index in [1.54, 1.807) is 0 Å². The quantitative estimate of drug-likeness (QED) is 0.0670. The van der Waals surface area contributed by atoms with Gasteiger partial charge in [0.25, 0.3) is 0 Å². The number of epoxide rings is 1. The number of fused-ring (bicyclic) bond motifs is 1. The average molecular weight is 683 g/mol. The molecule has 50 heavy (non-hydrogen) atoms. The topological polar surface area (TPSA) is 82.2 Å². The Bertz CT molecular complexity index is 1640. The zero-order chi connectivity index (χ0) is 37.5. The molecule has 3 rings (SSSR count). The van der Waals surface area contributed by atoms with Crippen LogP contribution in [0.3, 0.4) is 0 Å². The van der Waals surface area contributed by atoms with Crippen LogP contribution in [0.2, 0.25) is 0 Å². The number of carbonyl (C=O) groups excluding carboxylic acids is 3. The van der Waals surface area contributed by atoms with Crippen LogP contribution in [0.1, 0.15) is 108 Å². The first-order valence-corrected chi connectivity index (χ1v) is 17.7. The van der Waals surface area contributed by atoms with Crippen molar-refractivity contribution in [1.82, 2.24) is 0 Å². The van der Waals surface area contributed by atoms with Crippen LogP contribution in [-0.4, -0.2) is 41.1 Å². The molecule has 1 heterocycles. The summed E-state index contributed by atoms with van der Waals surface area (Å²) in [5.74, 6) is -0.464. The molecule has 0 amide bonds. The summed E-state index contributed by atoms with van der Waals surface area (Å²) in [4.78, 5) is 36.2. The summed E-state index contributed by atoms with van der Waals surface area (Å²) in [6.07, 6.45) is 24.6. The van der Waals surface area contributed by atoms with Gasteiger partial charge in [-0.1, -0.05) is 106 Å². The van der Waals surface area contributed by atoms with Crippen LogP contribution in [0.15, 0.2) is 113 Å². The Morgan fingerprint density at radius 1 is 0.760 bits per heavy atom. The Hall–Kier alpha value is -3.99. The highest BCUT2D eigenvalue weighted by Gasteiger charge is 2.76. The molecule has 4 atom stereocenters. The summed E-state index contributed by atoms with van der Waals surface area (Å²) >= 11 is 0. The zero-order valence-electron chi connectivity index (χ0n) is 32.2. The first-order chi connectivity index (χ1) is 23.2. The number of rotatable bonds is 12. The van der Waals surface area contributed by atoms with Crippen LogP contribution in [0.4, 0.5) is 0 Å². The van der Waals surface area contributed by atoms with E-state index in [1.807, 2.05) is 76.3 Å². The second-order valence-corrected chi connectivity index (χ2v) is 15.8. The third-order valence-electron chi connectivity index (χ3n) is 10.1. The number of allylic oxidation sites excluding steroid dienone is 15. The highest BCUT2D eigenvalue weighted by molar-refractivity contribution is 5.96. The number of hydrogen-bond acceptors (Lipinski definition) is 6. The number of esters is 2. The van der Waals surface area contributed by atoms with Gasteiger partial charge in [0, 0.05) is 49.5 Å². The maximum Gasteiger partial charge on any atom is 0.302 e. The lowest BCUT2D eigenvalue weighted by Gasteiger charge is -2.41. The molecule has 0 spiro atoms. The van der Waals surface area contributed by atoms with Crippen molar-refractivity contribution >= 4 is 17.7 Å². The van der Waals surface area contributed by atoms with Gasteiger partial charge in [0.05, 0.1) is 5.60 Å². The first kappa shape index (κ1) is 40.4. The fourth-order valence-electron chi connectivity index (χ4n) is 7.57. The Morgan fingerprint density at radius 3 is 1.84 bits per heavy atom. The molecule has 0 aromatic rings. The fraction of sp³-hybridized carbons (Fsp3) is 0.500. The average Bonchev–Trinajstić information content (AvgIpc) is 3.58. The molecule has 0 aromatic carbocycles. The number of ketones is 1. The molecule has 0 aromatic heterocycles. The van der Waals surface area contributed by atoms with Gasteiger partial charge in [0.1, 0.15) is 17.8 Å². The van der Waals surface area contributed by atoms with Gasteiger partial charge in [0.15, 0.2) is 5.78 Å². The predicted molar refractivity (Wildman–Crippen MR) is 202 cm³/mol. The van der Waals surface area contributed by atoms with E-state index < -0.39 is 11.2 Å². The van der Waals surface area contributed by atoms with Crippen molar-refractivity contribution in [2.75, 3.05) is 0 Å². The second kappa shape index (κ2) is 16.4. The summed E-state index contributed by atoms with van der Waals surface area (Å²) in [5.41, 5.74) is 7.96. The lowest BCUT2D eigenvalue weighted by molar-refractivity contribution is -0.151. The standard InChI is InChI=1S/C44H58O6/c1-30(19-15-20-32(3)23-24-39-34(5)25-37(48-35(6)45)26-41(39,8)9)17-13-14-18-31(2)21-16-22-33(4)40(47)29-44-42(10,11)27-38(49-36(7)46)28-43(44,12)50-44/h13-23,37-38H,5,25-29H2,1-4,6-12H3/b14-13+,19-15+,21-16+,30-17+,31-18+,32-20+,33-22+/t24?,37-,38+,43-,44+/m1/s1. The van der Waals surface area contributed by atoms with E-state index >= 15 is 0 Å². The molecule has 0 radical (unpaired) electrons. The molecular weight excluding hydrogens is 624 g/mol. The second-order valence-electron chi connectivity index (χ2n) is 15.8. The van der Waals surface area contributed by atoms with Gasteiger partial charge in [-0.15, -0.1) is 5.73 Å². The molecule has 1 saturated heterocycles. The van der Waals surface area contributed by atoms with Gasteiger partial charge in [-0.05, 0) is 70.3 Å². The van der Waals surface area contributed by atoms with Crippen LogP contribution >= 0.6 is 0 Å². The van der Waals surface area contributed by atoms with Crippen molar-refractivity contribution in [1.29, 1.82) is 0 Å². The smallest absolute Gasteiger partial charge is 0.302 e. The third-order valence-corrected chi connectivity index (χ3v) is 10.1. The largest absolute Gasteiger partial charge is 0.462 e. The van der Waals surface area contributed by atoms with Crippen molar-refractivity contribution in [3.05, 3.63) is 113 Å². The minimum atomic E-state index is -0.542. The number of carbonyl (C=O) groups is 3. The van der Waals surface area contributed by atoms with E-state index in [4.69, 9.17) is 14.2 Å². The lowest BCUT2D eigenvalue weighted by Crippen LogP contribution is -2.49. The highest BCUT2D eigenvalue weighted by Crippen LogP contribution is 2.67. The van der Waals surface area contributed by atoms with Crippen LogP contribution in [-0.2, 0) is 28.6 Å². The Balaban J connectivity index is 1.52. The monoisotopic (exact) mass is 682 g/mol. The van der Waals surface area contributed by atoms with Crippen molar-refractivity contribution in [3.8, 4) is 0 Å². The molecule has 3 aliphatic rings. The van der Waals surface area contributed by atoms with Crippen molar-refractivity contribution in [3.63, 3.8) is 0 Å². The molecule has 270 valence electrons. The Kier molecular flexibility index (Phi) is 13.2. The minimum Gasteiger partial charge on any atom is -0.462 e. The van der Waals surface area contributed by atoms with Gasteiger partial charge < -0.3 is 14.2 Å². The van der Waals surface area contributed by atoms with Crippen molar-refractivity contribution < 1.29 is 28.6 Å². The molecule has 3 fully saturated rings. The van der Waals surface area contributed by atoms with E-state index in [0.29, 0.717) is 31.3 Å². The normalized spacial score (nSPS) is 28.5. The molecular formula is C44H58O6. The maximum absolute atomic E-state index is 13.2. The Morgan fingerprint density at radius 2 is 1.30 bits per heavy atom. The van der Waals surface area contributed by atoms with Crippen molar-refractivity contribution in [2.24, 2.45) is 10.8 Å². The van der Waals surface area contributed by atoms with Crippen molar-refractivity contribution in [2.45, 2.75) is 132 Å². The van der Waals surface area contributed by atoms with Gasteiger partial charge in [-0.25, -0.2) is 0 Å². The lowest BCUT2D eigenvalue weighted by atomic mass is 9.61. The summed E-state index contributed by atoms with van der Waals surface area (Å²) in [5, 5.41) is 0. The summed E-state index contributed by atoms with van der Waals surface area (Å²) in [6, 6.07) is 0. The molecule has 2 aliphatic carbocycles. The third kappa shape index (κ3) is 10.5. The highest BCUT2D eigenvalue weighted by atomic mass is 16.6. The summed E-state index contributed by atoms with van der Waals surface area (Å²) < 4.78 is 17.3. The molecule has 1 aliphatic heterocycles. The SMILES string of the molecule is C=C1C[C@@H](OC(C)=O)CC(C)(C)C1=C=C/C(C)=C/C=C/C(C)=C/C=C/C=C(C)/C=C/C=C(\C)C(=O)C[C@@]12O[C@]1(C)C[C@@H](OC(C)=O)CC2(C)C. The van der Waals surface area contributed by atoms with Gasteiger partial charge in [-0.3, -0.25) is 14.4 Å². The minimum absolute atomic E-state index is 0.0698. The van der Waals surface area contributed by atoms with Crippen LogP contribution in [0, 0.1) is 10.8 Å². The van der Waals surface area contributed by atoms with E-state index in [0.717, 1.165) is 34.3 Å². The van der Waals surface area contributed by atoms with E-state index in [9.17, 15) is 14.4 Å². The first-order valence-electron chi connectivity index (χ1n) is 17.7. The van der Waals surface area contributed by atoms with Gasteiger partial charge in [-0.2, -0.15) is 0 Å². The maximum atomic E-state index is 13.2. The molecule has 0 unspecified atom stereocenters. The van der Waals surface area contributed by atoms with Gasteiger partial charge in [0.2, 0.25) is 0 Å². The molecule has 6 nitrogen and oxygen atoms in total. The van der Waals surface area contributed by atoms with Crippen LogP contribution in [0.5, 0.6) is 0 Å². The summed E-state index contributed by atoms with van der Waals surface area (Å²) in [6.45, 7) is 25.6. The van der Waals surface area contributed by atoms with Gasteiger partial charge >= 0.3 is 11.9 Å². The molecule has 0 N–H and O–H groups in total. The van der Waals surface area contributed by atoms with Crippen LogP contribution in [0.25, 0.3) is 0 Å². The fourth-order valence-corrected chi connectivity index (χ4v) is 7.57. The molecule has 6 heteroatoms. The van der Waals surface area contributed by atoms with E-state index in [2.05, 4.69) is 65.2 Å². The number of hydrogen-bond donors (Lipinski definition) is 0. The molecule has 2 saturated carbocycles. The number of ether oxygens (including phenoxy) is 3. The predicted octanol–water partition coefficient (Wildman–Crippen LogP) is 10.1. The van der Waals surface area contributed by atoms with Crippen LogP contribution < -0.4 is 0 Å².